The van der Waals surface area contributed by atoms with Crippen LogP contribution in [0.2, 0.25) is 18.1 Å². The molecule has 1 saturated heterocycles. The molecule has 1 aromatic heterocycles. The molecule has 2 N–H and O–H groups in total. The topological polar surface area (TPSA) is 87.1 Å². The molecule has 1 aliphatic rings. The van der Waals surface area contributed by atoms with E-state index < -0.39 is 14.4 Å². The maximum atomic E-state index is 11.5. The number of rotatable bonds is 5. The van der Waals surface area contributed by atoms with Crippen molar-refractivity contribution in [2.45, 2.75) is 58.0 Å². The molecule has 1 fully saturated rings. The van der Waals surface area contributed by atoms with Crippen LogP contribution in [0.4, 0.5) is 16.2 Å². The summed E-state index contributed by atoms with van der Waals surface area (Å²) in [6.07, 6.45) is 2.10. The van der Waals surface area contributed by atoms with Crippen LogP contribution < -0.4 is 10.2 Å². The zero-order chi connectivity index (χ0) is 21.1. The molecule has 3 atom stereocenters. The highest BCUT2D eigenvalue weighted by atomic mass is 32.1. The van der Waals surface area contributed by atoms with Crippen LogP contribution in [0.25, 0.3) is 0 Å². The van der Waals surface area contributed by atoms with E-state index in [1.54, 1.807) is 12.4 Å². The molecule has 0 spiro atoms. The first-order valence-corrected chi connectivity index (χ1v) is 12.7. The van der Waals surface area contributed by atoms with Crippen LogP contribution in [0.3, 0.4) is 0 Å². The molecular formula is C19H30N4O3SSi. The number of carbonyl (C=O) groups is 1. The Balaban J connectivity index is 2.33. The van der Waals surface area contributed by atoms with Crippen molar-refractivity contribution in [2.75, 3.05) is 18.0 Å². The van der Waals surface area contributed by atoms with E-state index in [1.807, 2.05) is 6.07 Å². The summed E-state index contributed by atoms with van der Waals surface area (Å²) in [5.74, 6) is 0.122. The van der Waals surface area contributed by atoms with Gasteiger partial charge in [0.25, 0.3) is 0 Å². The summed E-state index contributed by atoms with van der Waals surface area (Å²) in [5, 5.41) is 14.5. The molecule has 0 unspecified atom stereocenters. The number of amides is 1. The third-order valence-corrected chi connectivity index (χ3v) is 10.3. The molecule has 28 heavy (non-hydrogen) atoms. The lowest BCUT2D eigenvalue weighted by atomic mass is 9.92. The molecule has 154 valence electrons. The lowest BCUT2D eigenvalue weighted by Gasteiger charge is -2.48. The van der Waals surface area contributed by atoms with Crippen LogP contribution in [0.1, 0.15) is 27.7 Å². The SMILES string of the molecule is C[C@@H]1CN(c2ccncc2N=C=S)C[C@@H](NC(=O)O)[C@@H]1O[Si](C)(C)C(C)(C)C. The van der Waals surface area contributed by atoms with Crippen molar-refractivity contribution in [1.82, 2.24) is 10.3 Å². The monoisotopic (exact) mass is 422 g/mol. The van der Waals surface area contributed by atoms with E-state index in [0.29, 0.717) is 12.2 Å². The second-order valence-electron chi connectivity index (χ2n) is 8.85. The smallest absolute Gasteiger partial charge is 0.405 e. The molecule has 1 amide bonds. The predicted molar refractivity (Wildman–Crippen MR) is 117 cm³/mol. The van der Waals surface area contributed by atoms with E-state index in [0.717, 1.165) is 12.2 Å². The number of thiocarbonyl (C=S) groups is 1. The zero-order valence-corrected chi connectivity index (χ0v) is 19.2. The average Bonchev–Trinajstić information content (AvgIpc) is 2.57. The summed E-state index contributed by atoms with van der Waals surface area (Å²) in [5.41, 5.74) is 1.49. The first-order valence-electron chi connectivity index (χ1n) is 9.40. The number of aromatic nitrogens is 1. The summed E-state index contributed by atoms with van der Waals surface area (Å²) >= 11 is 4.74. The van der Waals surface area contributed by atoms with Crippen LogP contribution in [0.15, 0.2) is 23.5 Å². The predicted octanol–water partition coefficient (Wildman–Crippen LogP) is 4.30. The number of piperidine rings is 1. The van der Waals surface area contributed by atoms with Crippen molar-refractivity contribution in [2.24, 2.45) is 10.9 Å². The third-order valence-electron chi connectivity index (χ3n) is 5.71. The normalized spacial score (nSPS) is 23.1. The molecule has 0 saturated carbocycles. The number of carboxylic acid groups (broad SMARTS) is 1. The van der Waals surface area contributed by atoms with Gasteiger partial charge in [-0.25, -0.2) is 4.79 Å². The van der Waals surface area contributed by atoms with Gasteiger partial charge in [0.05, 0.1) is 29.2 Å². The van der Waals surface area contributed by atoms with Crippen LogP contribution in [0.5, 0.6) is 0 Å². The Morgan fingerprint density at radius 3 is 2.71 bits per heavy atom. The van der Waals surface area contributed by atoms with Gasteiger partial charge >= 0.3 is 6.09 Å². The van der Waals surface area contributed by atoms with Gasteiger partial charge in [0, 0.05) is 25.2 Å². The van der Waals surface area contributed by atoms with Crippen LogP contribution in [0, 0.1) is 5.92 Å². The van der Waals surface area contributed by atoms with E-state index in [4.69, 9.17) is 16.6 Å². The summed E-state index contributed by atoms with van der Waals surface area (Å²) < 4.78 is 6.65. The lowest BCUT2D eigenvalue weighted by molar-refractivity contribution is 0.0722. The molecule has 7 nitrogen and oxygen atoms in total. The molecule has 0 aliphatic carbocycles. The van der Waals surface area contributed by atoms with Crippen molar-refractivity contribution >= 4 is 43.2 Å². The summed E-state index contributed by atoms with van der Waals surface area (Å²) in [6, 6.07) is 1.51. The van der Waals surface area contributed by atoms with E-state index in [1.165, 1.54) is 0 Å². The minimum atomic E-state index is -2.06. The van der Waals surface area contributed by atoms with Crippen molar-refractivity contribution in [3.05, 3.63) is 18.5 Å². The highest BCUT2D eigenvalue weighted by Crippen LogP contribution is 2.40. The Morgan fingerprint density at radius 1 is 1.46 bits per heavy atom. The fourth-order valence-corrected chi connectivity index (χ4v) is 4.77. The molecule has 0 radical (unpaired) electrons. The number of anilines is 1. The minimum absolute atomic E-state index is 0.0455. The molecule has 1 aliphatic heterocycles. The Bertz CT molecular complexity index is 762. The van der Waals surface area contributed by atoms with Gasteiger partial charge in [0.15, 0.2) is 8.32 Å². The quantitative estimate of drug-likeness (QED) is 0.418. The van der Waals surface area contributed by atoms with Crippen molar-refractivity contribution < 1.29 is 14.3 Å². The maximum absolute atomic E-state index is 11.5. The first kappa shape index (κ1) is 22.5. The first-order chi connectivity index (χ1) is 13.0. The van der Waals surface area contributed by atoms with Gasteiger partial charge in [-0.1, -0.05) is 27.7 Å². The number of nitrogens with zero attached hydrogens (tertiary/aromatic N) is 3. The van der Waals surface area contributed by atoms with Crippen LogP contribution >= 0.6 is 12.2 Å². The summed E-state index contributed by atoms with van der Waals surface area (Å²) in [7, 11) is -2.06. The number of hydrogen-bond acceptors (Lipinski definition) is 6. The van der Waals surface area contributed by atoms with Gasteiger partial charge in [-0.3, -0.25) is 4.98 Å². The standard InChI is InChI=1S/C19H30N4O3SSi/c1-13-10-23(16-7-8-20-9-14(16)21-12-27)11-15(22-18(24)25)17(13)26-28(5,6)19(2,3)4/h7-9,13,15,17,22H,10-11H2,1-6H3,(H,24,25)/t13-,15-,17-/m1/s1. The Labute approximate surface area is 173 Å². The fraction of sp³-hybridized carbons (Fsp3) is 0.632. The van der Waals surface area contributed by atoms with E-state index >= 15 is 0 Å². The van der Waals surface area contributed by atoms with E-state index in [2.05, 4.69) is 66.1 Å². The van der Waals surface area contributed by atoms with Crippen LogP contribution in [-0.4, -0.2) is 54.9 Å². The second-order valence-corrected chi connectivity index (χ2v) is 13.8. The van der Waals surface area contributed by atoms with Gasteiger partial charge in [-0.15, -0.1) is 0 Å². The molecule has 2 heterocycles. The molecule has 2 rings (SSSR count). The molecule has 9 heteroatoms. The van der Waals surface area contributed by atoms with Crippen LogP contribution in [-0.2, 0) is 4.43 Å². The Kier molecular flexibility index (Phi) is 6.98. The Hall–Kier alpha value is -1.80. The van der Waals surface area contributed by atoms with Gasteiger partial charge in [-0.2, -0.15) is 4.99 Å². The van der Waals surface area contributed by atoms with Crippen molar-refractivity contribution in [3.8, 4) is 0 Å². The number of pyridine rings is 1. The van der Waals surface area contributed by atoms with Crippen molar-refractivity contribution in [3.63, 3.8) is 0 Å². The summed E-state index contributed by atoms with van der Waals surface area (Å²) in [4.78, 5) is 21.8. The number of aliphatic imine (C=N–C) groups is 1. The van der Waals surface area contributed by atoms with Gasteiger partial charge in [0.2, 0.25) is 0 Å². The molecule has 1 aromatic rings. The fourth-order valence-electron chi connectivity index (χ4n) is 3.24. The number of isothiocyanates is 1. The maximum Gasteiger partial charge on any atom is 0.405 e. The second kappa shape index (κ2) is 8.69. The van der Waals surface area contributed by atoms with E-state index in [-0.39, 0.29) is 23.1 Å². The van der Waals surface area contributed by atoms with Gasteiger partial charge in [-0.05, 0) is 36.4 Å². The highest BCUT2D eigenvalue weighted by Gasteiger charge is 2.45. The number of hydrogen-bond donors (Lipinski definition) is 2. The molecular weight excluding hydrogens is 392 g/mol. The highest BCUT2D eigenvalue weighted by molar-refractivity contribution is 7.78. The van der Waals surface area contributed by atoms with Crippen molar-refractivity contribution in [1.29, 1.82) is 0 Å². The van der Waals surface area contributed by atoms with E-state index in [9.17, 15) is 9.90 Å². The molecule has 0 bridgehead atoms. The minimum Gasteiger partial charge on any atom is -0.465 e. The third kappa shape index (κ3) is 5.17. The number of nitrogens with one attached hydrogen (secondary N) is 1. The zero-order valence-electron chi connectivity index (χ0n) is 17.4. The largest absolute Gasteiger partial charge is 0.465 e. The van der Waals surface area contributed by atoms with Gasteiger partial charge in [0.1, 0.15) is 5.69 Å². The Morgan fingerprint density at radius 2 is 2.14 bits per heavy atom. The average molecular weight is 423 g/mol. The molecule has 0 aromatic carbocycles. The van der Waals surface area contributed by atoms with Gasteiger partial charge < -0.3 is 19.7 Å². The summed E-state index contributed by atoms with van der Waals surface area (Å²) in [6.45, 7) is 14.3. The lowest BCUT2D eigenvalue weighted by Crippen LogP contribution is -2.62.